The highest BCUT2D eigenvalue weighted by atomic mass is 32.2. The van der Waals surface area contributed by atoms with Gasteiger partial charge in [0.2, 0.25) is 15.9 Å². The summed E-state index contributed by atoms with van der Waals surface area (Å²) in [7, 11) is -3.42. The van der Waals surface area contributed by atoms with Crippen LogP contribution >= 0.6 is 0 Å². The van der Waals surface area contributed by atoms with Gasteiger partial charge in [0.05, 0.1) is 11.3 Å². The second kappa shape index (κ2) is 5.82. The topological polar surface area (TPSA) is 120 Å². The van der Waals surface area contributed by atoms with Gasteiger partial charge in [-0.25, -0.2) is 13.2 Å². The number of amides is 1. The zero-order valence-electron chi connectivity index (χ0n) is 14.0. The standard InChI is InChI=1S/C17H19N3O5S/c21-15(10-20-7-1-4-17(5-6-17)26(20,24)25)18-12-2-3-13-11(8-12)9-14(19-13)16(22)23/h2-3,8-9,19H,1,4-7,10H2,(H,18,21)(H,22,23). The molecule has 1 amide bonds. The fourth-order valence-corrected chi connectivity index (χ4v) is 5.82. The lowest BCUT2D eigenvalue weighted by atomic mass is 10.2. The minimum atomic E-state index is -3.42. The minimum absolute atomic E-state index is 0.0672. The van der Waals surface area contributed by atoms with Crippen LogP contribution in [0.1, 0.15) is 36.2 Å². The Bertz CT molecular complexity index is 1010. The van der Waals surface area contributed by atoms with Crippen LogP contribution in [0.3, 0.4) is 0 Å². The van der Waals surface area contributed by atoms with Crippen molar-refractivity contribution in [3.05, 3.63) is 30.0 Å². The molecule has 8 nitrogen and oxygen atoms in total. The number of carbonyl (C=O) groups excluding carboxylic acids is 1. The van der Waals surface area contributed by atoms with Crippen LogP contribution in [0, 0.1) is 0 Å². The van der Waals surface area contributed by atoms with E-state index in [4.69, 9.17) is 5.11 Å². The van der Waals surface area contributed by atoms with E-state index in [0.717, 1.165) is 6.42 Å². The number of aromatic amines is 1. The lowest BCUT2D eigenvalue weighted by molar-refractivity contribution is -0.116. The van der Waals surface area contributed by atoms with Crippen LogP contribution in [-0.2, 0) is 14.8 Å². The summed E-state index contributed by atoms with van der Waals surface area (Å²) in [4.78, 5) is 26.1. The van der Waals surface area contributed by atoms with Gasteiger partial charge in [-0.2, -0.15) is 4.31 Å². The first-order valence-corrected chi connectivity index (χ1v) is 9.90. The molecule has 1 aromatic heterocycles. The Labute approximate surface area is 150 Å². The van der Waals surface area contributed by atoms with Gasteiger partial charge < -0.3 is 15.4 Å². The van der Waals surface area contributed by atoms with Crippen molar-refractivity contribution >= 4 is 38.5 Å². The summed E-state index contributed by atoms with van der Waals surface area (Å²) in [5.41, 5.74) is 1.21. The Hall–Kier alpha value is -2.39. The molecule has 2 fully saturated rings. The summed E-state index contributed by atoms with van der Waals surface area (Å²) in [6.07, 6.45) is 2.83. The summed E-state index contributed by atoms with van der Waals surface area (Å²) in [6.45, 7) is 0.173. The van der Waals surface area contributed by atoms with E-state index in [1.807, 2.05) is 0 Å². The average Bonchev–Trinajstić information content (AvgIpc) is 3.23. The molecule has 138 valence electrons. The van der Waals surface area contributed by atoms with Crippen LogP contribution < -0.4 is 5.32 Å². The van der Waals surface area contributed by atoms with E-state index in [2.05, 4.69) is 10.3 Å². The van der Waals surface area contributed by atoms with Crippen molar-refractivity contribution in [2.45, 2.75) is 30.4 Å². The van der Waals surface area contributed by atoms with Crippen LogP contribution in [0.5, 0.6) is 0 Å². The lowest BCUT2D eigenvalue weighted by Gasteiger charge is -2.32. The Kier molecular flexibility index (Phi) is 3.81. The largest absolute Gasteiger partial charge is 0.477 e. The molecule has 9 heteroatoms. The molecule has 4 rings (SSSR count). The first-order valence-electron chi connectivity index (χ1n) is 8.46. The van der Waals surface area contributed by atoms with Gasteiger partial charge in [0.1, 0.15) is 5.69 Å². The van der Waals surface area contributed by atoms with Crippen molar-refractivity contribution in [1.82, 2.24) is 9.29 Å². The van der Waals surface area contributed by atoms with Gasteiger partial charge in [0.15, 0.2) is 0 Å². The number of sulfonamides is 1. The van der Waals surface area contributed by atoms with Crippen molar-refractivity contribution in [3.63, 3.8) is 0 Å². The molecule has 0 atom stereocenters. The number of nitrogens with zero attached hydrogens (tertiary/aromatic N) is 1. The summed E-state index contributed by atoms with van der Waals surface area (Å²) in [5.74, 6) is -1.46. The molecule has 1 aliphatic heterocycles. The molecule has 1 saturated carbocycles. The zero-order valence-corrected chi connectivity index (χ0v) is 14.8. The molecule has 3 N–H and O–H groups in total. The fraction of sp³-hybridized carbons (Fsp3) is 0.412. The molecule has 2 heterocycles. The van der Waals surface area contributed by atoms with Crippen molar-refractivity contribution < 1.29 is 23.1 Å². The molecule has 1 aromatic carbocycles. The second-order valence-corrected chi connectivity index (χ2v) is 9.30. The number of carboxylic acids is 1. The smallest absolute Gasteiger partial charge is 0.352 e. The molecular formula is C17H19N3O5S. The van der Waals surface area contributed by atoms with Gasteiger partial charge >= 0.3 is 5.97 Å². The highest BCUT2D eigenvalue weighted by Gasteiger charge is 2.58. The quantitative estimate of drug-likeness (QED) is 0.750. The van der Waals surface area contributed by atoms with Gasteiger partial charge in [-0.05, 0) is 49.9 Å². The third-order valence-corrected chi connectivity index (χ3v) is 7.89. The Morgan fingerprint density at radius 2 is 2.00 bits per heavy atom. The van der Waals surface area contributed by atoms with Crippen molar-refractivity contribution in [2.75, 3.05) is 18.4 Å². The molecule has 2 aliphatic rings. The van der Waals surface area contributed by atoms with E-state index in [0.29, 0.717) is 42.4 Å². The van der Waals surface area contributed by atoms with Crippen LogP contribution in [0.4, 0.5) is 5.69 Å². The van der Waals surface area contributed by atoms with Crippen molar-refractivity contribution in [2.24, 2.45) is 0 Å². The molecule has 0 radical (unpaired) electrons. The number of carbonyl (C=O) groups is 2. The van der Waals surface area contributed by atoms with E-state index in [1.54, 1.807) is 18.2 Å². The SMILES string of the molecule is O=C(CN1CCCC2(CC2)S1(=O)=O)Nc1ccc2[nH]c(C(=O)O)cc2c1. The van der Waals surface area contributed by atoms with Gasteiger partial charge in [0.25, 0.3) is 0 Å². The molecule has 2 aromatic rings. The van der Waals surface area contributed by atoms with Crippen LogP contribution in [-0.4, -0.2) is 52.5 Å². The number of nitrogens with one attached hydrogen (secondary N) is 2. The third kappa shape index (κ3) is 2.77. The number of aromatic nitrogens is 1. The second-order valence-electron chi connectivity index (χ2n) is 6.96. The maximum absolute atomic E-state index is 12.6. The molecule has 1 aliphatic carbocycles. The van der Waals surface area contributed by atoms with Crippen LogP contribution in [0.2, 0.25) is 0 Å². The molecule has 0 unspecified atom stereocenters. The Balaban J connectivity index is 1.48. The Morgan fingerprint density at radius 1 is 1.23 bits per heavy atom. The molecular weight excluding hydrogens is 358 g/mol. The lowest BCUT2D eigenvalue weighted by Crippen LogP contribution is -2.48. The third-order valence-electron chi connectivity index (χ3n) is 5.19. The van der Waals surface area contributed by atoms with Crippen molar-refractivity contribution in [1.29, 1.82) is 0 Å². The highest BCUT2D eigenvalue weighted by Crippen LogP contribution is 2.50. The predicted molar refractivity (Wildman–Crippen MR) is 95.6 cm³/mol. The van der Waals surface area contributed by atoms with E-state index in [9.17, 15) is 18.0 Å². The van der Waals surface area contributed by atoms with Gasteiger partial charge in [0, 0.05) is 23.1 Å². The van der Waals surface area contributed by atoms with E-state index >= 15 is 0 Å². The molecule has 1 spiro atoms. The van der Waals surface area contributed by atoms with Crippen molar-refractivity contribution in [3.8, 4) is 0 Å². The van der Waals surface area contributed by atoms with Crippen LogP contribution in [0.25, 0.3) is 10.9 Å². The van der Waals surface area contributed by atoms with E-state index < -0.39 is 26.6 Å². The highest BCUT2D eigenvalue weighted by molar-refractivity contribution is 7.90. The number of benzene rings is 1. The predicted octanol–water partition coefficient (Wildman–Crippen LogP) is 1.76. The number of hydrogen-bond acceptors (Lipinski definition) is 4. The normalized spacial score (nSPS) is 20.9. The Morgan fingerprint density at radius 3 is 2.69 bits per heavy atom. The molecule has 1 saturated heterocycles. The summed E-state index contributed by atoms with van der Waals surface area (Å²) in [6, 6.07) is 6.46. The maximum atomic E-state index is 12.6. The summed E-state index contributed by atoms with van der Waals surface area (Å²) < 4.78 is 25.9. The van der Waals surface area contributed by atoms with E-state index in [1.165, 1.54) is 10.4 Å². The first kappa shape index (κ1) is 17.0. The van der Waals surface area contributed by atoms with Gasteiger partial charge in [-0.1, -0.05) is 0 Å². The summed E-state index contributed by atoms with van der Waals surface area (Å²) >= 11 is 0. The number of rotatable bonds is 4. The monoisotopic (exact) mass is 377 g/mol. The number of fused-ring (bicyclic) bond motifs is 1. The summed E-state index contributed by atoms with van der Waals surface area (Å²) in [5, 5.41) is 12.4. The molecule has 0 bridgehead atoms. The number of hydrogen-bond donors (Lipinski definition) is 3. The zero-order chi connectivity index (χ0) is 18.5. The number of carboxylic acid groups (broad SMARTS) is 1. The number of anilines is 1. The number of aromatic carboxylic acids is 1. The first-order chi connectivity index (χ1) is 12.3. The number of H-pyrrole nitrogens is 1. The maximum Gasteiger partial charge on any atom is 0.352 e. The minimum Gasteiger partial charge on any atom is -0.477 e. The van der Waals surface area contributed by atoms with Gasteiger partial charge in [-0.3, -0.25) is 4.79 Å². The fourth-order valence-electron chi connectivity index (χ4n) is 3.60. The van der Waals surface area contributed by atoms with Crippen LogP contribution in [0.15, 0.2) is 24.3 Å². The molecule has 26 heavy (non-hydrogen) atoms. The van der Waals surface area contributed by atoms with E-state index in [-0.39, 0.29) is 12.2 Å². The van der Waals surface area contributed by atoms with Gasteiger partial charge in [-0.15, -0.1) is 0 Å². The average molecular weight is 377 g/mol.